The van der Waals surface area contributed by atoms with Gasteiger partial charge in [0.25, 0.3) is 0 Å². The Bertz CT molecular complexity index is 661. The highest BCUT2D eigenvalue weighted by Crippen LogP contribution is 2.21. The molecule has 0 aliphatic heterocycles. The van der Waals surface area contributed by atoms with Gasteiger partial charge in [0.05, 0.1) is 0 Å². The van der Waals surface area contributed by atoms with Gasteiger partial charge in [0, 0.05) is 30.2 Å². The van der Waals surface area contributed by atoms with Crippen LogP contribution in [0.25, 0.3) is 0 Å². The van der Waals surface area contributed by atoms with E-state index in [1.165, 1.54) is 11.3 Å². The van der Waals surface area contributed by atoms with Gasteiger partial charge in [-0.25, -0.2) is 0 Å². The minimum absolute atomic E-state index is 0.587. The minimum Gasteiger partial charge on any atom is -0.372 e. The van der Waals surface area contributed by atoms with Gasteiger partial charge in [-0.2, -0.15) is 0 Å². The summed E-state index contributed by atoms with van der Waals surface area (Å²) < 4.78 is 0. The van der Waals surface area contributed by atoms with Gasteiger partial charge in [0.1, 0.15) is 0 Å². The van der Waals surface area contributed by atoms with Crippen LogP contribution in [0.4, 0.5) is 17.1 Å². The quantitative estimate of drug-likeness (QED) is 0.609. The van der Waals surface area contributed by atoms with Gasteiger partial charge in [0.15, 0.2) is 5.11 Å². The predicted molar refractivity (Wildman–Crippen MR) is 115 cm³/mol. The second-order valence-corrected chi connectivity index (χ2v) is 6.64. The van der Waals surface area contributed by atoms with Crippen LogP contribution in [0.5, 0.6) is 0 Å². The number of benzene rings is 2. The number of nitrogens with zero attached hydrogens (tertiary/aromatic N) is 1. The number of hydrogen-bond acceptors (Lipinski definition) is 2. The van der Waals surface area contributed by atoms with E-state index < -0.39 is 0 Å². The summed E-state index contributed by atoms with van der Waals surface area (Å²) in [4.78, 5) is 2.32. The molecule has 0 heterocycles. The first-order valence-corrected chi connectivity index (χ1v) is 9.51. The first-order chi connectivity index (χ1) is 12.1. The molecule has 2 N–H and O–H groups in total. The first kappa shape index (κ1) is 19.3. The third-order valence-electron chi connectivity index (χ3n) is 4.60. The molecule has 0 saturated heterocycles. The van der Waals surface area contributed by atoms with Crippen LogP contribution in [0.3, 0.4) is 0 Å². The van der Waals surface area contributed by atoms with Crippen LogP contribution in [0.2, 0.25) is 0 Å². The molecule has 0 bridgehead atoms. The second kappa shape index (κ2) is 9.42. The zero-order chi connectivity index (χ0) is 18.2. The topological polar surface area (TPSA) is 27.3 Å². The van der Waals surface area contributed by atoms with Crippen LogP contribution in [-0.4, -0.2) is 18.2 Å². The van der Waals surface area contributed by atoms with E-state index in [2.05, 4.69) is 91.8 Å². The Balaban J connectivity index is 1.93. The molecule has 0 saturated carbocycles. The number of thiocarbonyl (C=S) groups is 1. The van der Waals surface area contributed by atoms with Crippen molar-refractivity contribution in [2.75, 3.05) is 28.6 Å². The number of rotatable bonds is 7. The lowest BCUT2D eigenvalue weighted by molar-refractivity contribution is 0.734. The van der Waals surface area contributed by atoms with Crippen LogP contribution in [0.1, 0.15) is 45.6 Å². The molecule has 134 valence electrons. The smallest absolute Gasteiger partial charge is 0.175 e. The minimum atomic E-state index is 0.587. The molecule has 1 atom stereocenters. The molecular formula is C21H29N3S. The van der Waals surface area contributed by atoms with Gasteiger partial charge in [-0.15, -0.1) is 0 Å². The van der Waals surface area contributed by atoms with Crippen molar-refractivity contribution in [3.8, 4) is 0 Å². The zero-order valence-corrected chi connectivity index (χ0v) is 16.5. The Labute approximate surface area is 157 Å². The van der Waals surface area contributed by atoms with Gasteiger partial charge in [-0.1, -0.05) is 26.0 Å². The van der Waals surface area contributed by atoms with Crippen molar-refractivity contribution in [2.45, 2.75) is 40.0 Å². The Kier molecular flexibility index (Phi) is 7.26. The monoisotopic (exact) mass is 355 g/mol. The average Bonchev–Trinajstić information content (AvgIpc) is 2.64. The van der Waals surface area contributed by atoms with E-state index >= 15 is 0 Å². The van der Waals surface area contributed by atoms with Gasteiger partial charge < -0.3 is 15.5 Å². The molecule has 0 aliphatic carbocycles. The normalized spacial score (nSPS) is 11.7. The third kappa shape index (κ3) is 5.46. The van der Waals surface area contributed by atoms with Crippen LogP contribution < -0.4 is 15.5 Å². The van der Waals surface area contributed by atoms with E-state index in [0.717, 1.165) is 30.9 Å². The van der Waals surface area contributed by atoms with Gasteiger partial charge >= 0.3 is 0 Å². The van der Waals surface area contributed by atoms with Crippen molar-refractivity contribution in [1.82, 2.24) is 0 Å². The zero-order valence-electron chi connectivity index (χ0n) is 15.7. The summed E-state index contributed by atoms with van der Waals surface area (Å²) >= 11 is 5.42. The van der Waals surface area contributed by atoms with Crippen LogP contribution >= 0.6 is 12.2 Å². The molecule has 0 fully saturated rings. The van der Waals surface area contributed by atoms with E-state index in [-0.39, 0.29) is 0 Å². The molecule has 0 amide bonds. The summed E-state index contributed by atoms with van der Waals surface area (Å²) in [5.41, 5.74) is 4.59. The van der Waals surface area contributed by atoms with E-state index in [1.54, 1.807) is 0 Å². The first-order valence-electron chi connectivity index (χ1n) is 9.10. The Morgan fingerprint density at radius 2 is 1.36 bits per heavy atom. The van der Waals surface area contributed by atoms with Crippen molar-refractivity contribution >= 4 is 34.4 Å². The highest BCUT2D eigenvalue weighted by Gasteiger charge is 2.05. The molecule has 0 aliphatic rings. The summed E-state index contributed by atoms with van der Waals surface area (Å²) in [7, 11) is 0. The molecule has 0 radical (unpaired) electrons. The fraction of sp³-hybridized carbons (Fsp3) is 0.381. The lowest BCUT2D eigenvalue weighted by atomic mass is 9.99. The van der Waals surface area contributed by atoms with E-state index in [9.17, 15) is 0 Å². The Morgan fingerprint density at radius 1 is 0.880 bits per heavy atom. The van der Waals surface area contributed by atoms with Crippen molar-refractivity contribution in [3.63, 3.8) is 0 Å². The molecule has 0 unspecified atom stereocenters. The maximum Gasteiger partial charge on any atom is 0.175 e. The lowest BCUT2D eigenvalue weighted by Gasteiger charge is -2.21. The van der Waals surface area contributed by atoms with Crippen molar-refractivity contribution < 1.29 is 0 Å². The van der Waals surface area contributed by atoms with E-state index in [0.29, 0.717) is 11.0 Å². The van der Waals surface area contributed by atoms with Crippen molar-refractivity contribution in [3.05, 3.63) is 54.1 Å². The van der Waals surface area contributed by atoms with Crippen molar-refractivity contribution in [1.29, 1.82) is 0 Å². The number of nitrogens with one attached hydrogen (secondary N) is 2. The van der Waals surface area contributed by atoms with Gasteiger partial charge in [-0.05, 0) is 80.4 Å². The molecule has 0 aromatic heterocycles. The highest BCUT2D eigenvalue weighted by atomic mass is 32.1. The predicted octanol–water partition coefficient (Wildman–Crippen LogP) is 5.86. The SMILES string of the molecule is CC[C@H](C)c1ccc(NC(=S)Nc2ccc(N(CC)CC)cc2)cc1. The number of anilines is 3. The summed E-state index contributed by atoms with van der Waals surface area (Å²) in [6.45, 7) is 10.8. The summed E-state index contributed by atoms with van der Waals surface area (Å²) in [6, 6.07) is 16.9. The van der Waals surface area contributed by atoms with Crippen LogP contribution in [-0.2, 0) is 0 Å². The molecule has 2 rings (SSSR count). The summed E-state index contributed by atoms with van der Waals surface area (Å²) in [5.74, 6) is 0.587. The average molecular weight is 356 g/mol. The van der Waals surface area contributed by atoms with Crippen LogP contribution in [0.15, 0.2) is 48.5 Å². The van der Waals surface area contributed by atoms with Crippen LogP contribution in [0, 0.1) is 0 Å². The van der Waals surface area contributed by atoms with Gasteiger partial charge in [-0.3, -0.25) is 0 Å². The second-order valence-electron chi connectivity index (χ2n) is 6.23. The molecular weight excluding hydrogens is 326 g/mol. The summed E-state index contributed by atoms with van der Waals surface area (Å²) in [6.07, 6.45) is 1.15. The largest absolute Gasteiger partial charge is 0.372 e. The van der Waals surface area contributed by atoms with E-state index in [4.69, 9.17) is 12.2 Å². The number of hydrogen-bond donors (Lipinski definition) is 2. The molecule has 0 spiro atoms. The maximum absolute atomic E-state index is 5.42. The molecule has 2 aromatic rings. The third-order valence-corrected chi connectivity index (χ3v) is 4.81. The fourth-order valence-electron chi connectivity index (χ4n) is 2.77. The molecule has 4 heteroatoms. The highest BCUT2D eigenvalue weighted by molar-refractivity contribution is 7.80. The van der Waals surface area contributed by atoms with E-state index in [1.807, 2.05) is 0 Å². The fourth-order valence-corrected chi connectivity index (χ4v) is 3.00. The standard InChI is InChI=1S/C21H29N3S/c1-5-16(4)17-8-10-18(11-9-17)22-21(25)23-19-12-14-20(15-13-19)24(6-2)7-3/h8-16H,5-7H2,1-4H3,(H2,22,23,25)/t16-/m0/s1. The summed E-state index contributed by atoms with van der Waals surface area (Å²) in [5, 5.41) is 7.09. The van der Waals surface area contributed by atoms with Crippen molar-refractivity contribution in [2.24, 2.45) is 0 Å². The molecule has 2 aromatic carbocycles. The lowest BCUT2D eigenvalue weighted by Crippen LogP contribution is -2.22. The molecule has 25 heavy (non-hydrogen) atoms. The maximum atomic E-state index is 5.42. The molecule has 3 nitrogen and oxygen atoms in total. The van der Waals surface area contributed by atoms with Gasteiger partial charge in [0.2, 0.25) is 0 Å². The Morgan fingerprint density at radius 3 is 1.80 bits per heavy atom. The Hall–Kier alpha value is -2.07.